The number of aliphatic hydroxyl groups excluding tert-OH is 1. The topological polar surface area (TPSA) is 76.1 Å². The van der Waals surface area contributed by atoms with E-state index in [4.69, 9.17) is 14.6 Å². The van der Waals surface area contributed by atoms with Crippen molar-refractivity contribution in [3.63, 3.8) is 0 Å². The summed E-state index contributed by atoms with van der Waals surface area (Å²) >= 11 is 0. The molecule has 1 N–H and O–H groups in total. The van der Waals surface area contributed by atoms with E-state index in [-0.39, 0.29) is 17.6 Å². The molecule has 0 bridgehead atoms. The molecule has 0 radical (unpaired) electrons. The van der Waals surface area contributed by atoms with Crippen molar-refractivity contribution in [3.05, 3.63) is 24.3 Å². The lowest BCUT2D eigenvalue weighted by Gasteiger charge is -2.15. The summed E-state index contributed by atoms with van der Waals surface area (Å²) in [6.45, 7) is 1.05. The third-order valence-electron chi connectivity index (χ3n) is 3.90. The van der Waals surface area contributed by atoms with E-state index in [9.17, 15) is 8.42 Å². The normalized spacial score (nSPS) is 23.4. The van der Waals surface area contributed by atoms with Gasteiger partial charge in [0, 0.05) is 6.61 Å². The lowest BCUT2D eigenvalue weighted by atomic mass is 10.3. The van der Waals surface area contributed by atoms with Crippen LogP contribution in [0.1, 0.15) is 19.3 Å². The molecule has 0 unspecified atom stereocenters. The Hall–Kier alpha value is -1.11. The van der Waals surface area contributed by atoms with Crippen molar-refractivity contribution in [2.75, 3.05) is 19.8 Å². The third kappa shape index (κ3) is 2.55. The summed E-state index contributed by atoms with van der Waals surface area (Å²) in [6.07, 6.45) is 1.68. The Morgan fingerprint density at radius 1 is 1.40 bits per heavy atom. The van der Waals surface area contributed by atoms with Crippen molar-refractivity contribution < 1.29 is 23.0 Å². The largest absolute Gasteiger partial charge is 0.491 e. The van der Waals surface area contributed by atoms with Crippen molar-refractivity contribution in [1.82, 2.24) is 0 Å². The number of hydrogen-bond acceptors (Lipinski definition) is 5. The maximum Gasteiger partial charge on any atom is 0.184 e. The second-order valence-electron chi connectivity index (χ2n) is 5.40. The van der Waals surface area contributed by atoms with Gasteiger partial charge in [0.05, 0.1) is 16.2 Å². The Bertz CT molecular complexity index is 587. The molecule has 0 spiro atoms. The Balaban J connectivity index is 1.80. The van der Waals surface area contributed by atoms with Crippen molar-refractivity contribution in [3.8, 4) is 5.75 Å². The predicted molar refractivity (Wildman–Crippen MR) is 72.5 cm³/mol. The monoisotopic (exact) mass is 298 g/mol. The maximum atomic E-state index is 12.6. The van der Waals surface area contributed by atoms with Crippen LogP contribution in [-0.2, 0) is 14.6 Å². The highest BCUT2D eigenvalue weighted by Crippen LogP contribution is 2.49. The average Bonchev–Trinajstić information content (AvgIpc) is 3.32. The van der Waals surface area contributed by atoms with Crippen LogP contribution in [0.5, 0.6) is 5.75 Å². The molecular weight excluding hydrogens is 280 g/mol. The molecule has 1 saturated heterocycles. The summed E-state index contributed by atoms with van der Waals surface area (Å²) < 4.78 is 35.0. The summed E-state index contributed by atoms with van der Waals surface area (Å²) in [5.41, 5.74) is 0. The van der Waals surface area contributed by atoms with Crippen LogP contribution in [-0.4, -0.2) is 44.2 Å². The molecule has 20 heavy (non-hydrogen) atoms. The highest BCUT2D eigenvalue weighted by Gasteiger charge is 2.54. The van der Waals surface area contributed by atoms with E-state index >= 15 is 0 Å². The van der Waals surface area contributed by atoms with Crippen molar-refractivity contribution in [1.29, 1.82) is 0 Å². The highest BCUT2D eigenvalue weighted by atomic mass is 32.2. The van der Waals surface area contributed by atoms with Crippen LogP contribution in [0.4, 0.5) is 0 Å². The smallest absolute Gasteiger partial charge is 0.184 e. The number of sulfone groups is 1. The number of benzene rings is 1. The van der Waals surface area contributed by atoms with Gasteiger partial charge in [0.2, 0.25) is 0 Å². The first-order valence-corrected chi connectivity index (χ1v) is 8.26. The summed E-state index contributed by atoms with van der Waals surface area (Å²) in [5.74, 6) is 0.543. The van der Waals surface area contributed by atoms with Gasteiger partial charge in [-0.25, -0.2) is 8.42 Å². The van der Waals surface area contributed by atoms with Crippen molar-refractivity contribution in [2.45, 2.75) is 35.0 Å². The molecule has 5 nitrogen and oxygen atoms in total. The van der Waals surface area contributed by atoms with Crippen LogP contribution in [0.3, 0.4) is 0 Å². The van der Waals surface area contributed by atoms with Crippen molar-refractivity contribution >= 4 is 9.84 Å². The van der Waals surface area contributed by atoms with E-state index in [0.29, 0.717) is 38.2 Å². The summed E-state index contributed by atoms with van der Waals surface area (Å²) in [4.78, 5) is 0.276. The molecule has 110 valence electrons. The molecule has 1 aliphatic carbocycles. The summed E-state index contributed by atoms with van der Waals surface area (Å²) in [5, 5.41) is 9.06. The van der Waals surface area contributed by atoms with Crippen LogP contribution in [0.2, 0.25) is 0 Å². The van der Waals surface area contributed by atoms with Gasteiger partial charge in [-0.15, -0.1) is 0 Å². The van der Waals surface area contributed by atoms with Crippen LogP contribution >= 0.6 is 0 Å². The van der Waals surface area contributed by atoms with E-state index in [2.05, 4.69) is 0 Å². The molecule has 1 heterocycles. The number of epoxide rings is 1. The maximum absolute atomic E-state index is 12.6. The Kier molecular flexibility index (Phi) is 3.48. The minimum absolute atomic E-state index is 0.103. The number of rotatable bonds is 7. The molecule has 3 rings (SSSR count). The summed E-state index contributed by atoms with van der Waals surface area (Å²) in [6, 6.07) is 6.58. The van der Waals surface area contributed by atoms with Gasteiger partial charge >= 0.3 is 0 Å². The van der Waals surface area contributed by atoms with Gasteiger partial charge in [-0.2, -0.15) is 0 Å². The second-order valence-corrected chi connectivity index (χ2v) is 7.75. The van der Waals surface area contributed by atoms with Crippen LogP contribution in [0.15, 0.2) is 29.2 Å². The fourth-order valence-electron chi connectivity index (χ4n) is 2.33. The van der Waals surface area contributed by atoms with E-state index in [1.165, 1.54) is 0 Å². The zero-order valence-corrected chi connectivity index (χ0v) is 11.9. The standard InChI is InChI=1S/C14H18O5S/c15-7-6-14(4-5-14)20(16,17)13-3-1-2-11(8-13)18-9-12-10-19-12/h1-3,8,12,15H,4-7,9-10H2/t12-/m1/s1. The third-order valence-corrected chi connectivity index (χ3v) is 6.53. The Morgan fingerprint density at radius 3 is 2.75 bits per heavy atom. The van der Waals surface area contributed by atoms with Gasteiger partial charge in [0.25, 0.3) is 0 Å². The average molecular weight is 298 g/mol. The lowest BCUT2D eigenvalue weighted by molar-refractivity contribution is 0.262. The quantitative estimate of drug-likeness (QED) is 0.764. The zero-order valence-electron chi connectivity index (χ0n) is 11.1. The Morgan fingerprint density at radius 2 is 2.15 bits per heavy atom. The molecule has 1 atom stereocenters. The first kappa shape index (κ1) is 13.9. The minimum atomic E-state index is -3.41. The highest BCUT2D eigenvalue weighted by molar-refractivity contribution is 7.93. The van der Waals surface area contributed by atoms with E-state index < -0.39 is 14.6 Å². The van der Waals surface area contributed by atoms with Gasteiger partial charge in [-0.05, 0) is 37.5 Å². The molecule has 0 amide bonds. The molecule has 1 saturated carbocycles. The van der Waals surface area contributed by atoms with Crippen LogP contribution < -0.4 is 4.74 Å². The second kappa shape index (κ2) is 5.02. The number of hydrogen-bond donors (Lipinski definition) is 1. The molecule has 6 heteroatoms. The van der Waals surface area contributed by atoms with Gasteiger partial charge < -0.3 is 14.6 Å². The molecule has 0 aromatic heterocycles. The van der Waals surface area contributed by atoms with E-state index in [0.717, 1.165) is 0 Å². The first-order chi connectivity index (χ1) is 9.57. The SMILES string of the molecule is O=S(=O)(c1cccc(OC[C@@H]2CO2)c1)C1(CCO)CC1. The fraction of sp³-hybridized carbons (Fsp3) is 0.571. The molecule has 2 aliphatic rings. The fourth-order valence-corrected chi connectivity index (χ4v) is 4.36. The van der Waals surface area contributed by atoms with Gasteiger partial charge in [0.15, 0.2) is 9.84 Å². The zero-order chi connectivity index (χ0) is 14.2. The van der Waals surface area contributed by atoms with Gasteiger partial charge in [0.1, 0.15) is 18.5 Å². The van der Waals surface area contributed by atoms with E-state index in [1.54, 1.807) is 24.3 Å². The molecule has 1 aromatic carbocycles. The summed E-state index contributed by atoms with van der Waals surface area (Å²) in [7, 11) is -3.41. The van der Waals surface area contributed by atoms with E-state index in [1.807, 2.05) is 0 Å². The lowest BCUT2D eigenvalue weighted by Crippen LogP contribution is -2.24. The minimum Gasteiger partial charge on any atom is -0.491 e. The van der Waals surface area contributed by atoms with Crippen LogP contribution in [0, 0.1) is 0 Å². The molecular formula is C14H18O5S. The number of aliphatic hydroxyl groups is 1. The van der Waals surface area contributed by atoms with Gasteiger partial charge in [-0.3, -0.25) is 0 Å². The van der Waals surface area contributed by atoms with Crippen molar-refractivity contribution in [2.24, 2.45) is 0 Å². The molecule has 2 fully saturated rings. The molecule has 1 aliphatic heterocycles. The van der Waals surface area contributed by atoms with Crippen LogP contribution in [0.25, 0.3) is 0 Å². The molecule has 1 aromatic rings. The Labute approximate surface area is 118 Å². The predicted octanol–water partition coefficient (Wildman–Crippen LogP) is 1.15. The number of ether oxygens (including phenoxy) is 2. The first-order valence-electron chi connectivity index (χ1n) is 6.77. The van der Waals surface area contributed by atoms with Gasteiger partial charge in [-0.1, -0.05) is 6.07 Å².